The van der Waals surface area contributed by atoms with E-state index < -0.39 is 5.97 Å². The van der Waals surface area contributed by atoms with E-state index in [9.17, 15) is 9.59 Å². The van der Waals surface area contributed by atoms with Crippen molar-refractivity contribution in [1.29, 1.82) is 5.26 Å². The molecule has 0 aliphatic carbocycles. The Labute approximate surface area is 116 Å². The number of nitriles is 1. The van der Waals surface area contributed by atoms with Gasteiger partial charge < -0.3 is 9.30 Å². The van der Waals surface area contributed by atoms with Crippen LogP contribution < -0.4 is 0 Å². The van der Waals surface area contributed by atoms with Gasteiger partial charge in [0.05, 0.1) is 19.2 Å². The van der Waals surface area contributed by atoms with Gasteiger partial charge in [0.2, 0.25) is 0 Å². The molecule has 0 saturated heterocycles. The number of ether oxygens (including phenoxy) is 1. The van der Waals surface area contributed by atoms with Gasteiger partial charge in [-0.1, -0.05) is 30.3 Å². The number of rotatable bonds is 4. The lowest BCUT2D eigenvalue weighted by Gasteiger charge is -2.06. The second-order valence-electron chi connectivity index (χ2n) is 4.13. The molecule has 0 N–H and O–H groups in total. The molecule has 0 fully saturated rings. The fourth-order valence-corrected chi connectivity index (χ4v) is 1.85. The minimum atomic E-state index is -0.577. The van der Waals surface area contributed by atoms with Gasteiger partial charge in [0.1, 0.15) is 11.8 Å². The van der Waals surface area contributed by atoms with E-state index in [0.717, 1.165) is 0 Å². The molecule has 1 aromatic heterocycles. The standard InChI is InChI=1S/C15H12N2O3/c1-20-15(19)13-7-11(8-16)9-17(13)10-14(18)12-5-3-2-4-6-12/h2-7,9H,10H2,1H3. The van der Waals surface area contributed by atoms with E-state index in [2.05, 4.69) is 4.74 Å². The van der Waals surface area contributed by atoms with Gasteiger partial charge in [0, 0.05) is 11.8 Å². The van der Waals surface area contributed by atoms with Crippen LogP contribution in [-0.4, -0.2) is 23.4 Å². The van der Waals surface area contributed by atoms with Gasteiger partial charge in [0.25, 0.3) is 0 Å². The molecular weight excluding hydrogens is 256 g/mol. The molecule has 1 heterocycles. The highest BCUT2D eigenvalue weighted by Gasteiger charge is 2.16. The Balaban J connectivity index is 2.29. The number of hydrogen-bond acceptors (Lipinski definition) is 4. The molecule has 0 radical (unpaired) electrons. The zero-order valence-electron chi connectivity index (χ0n) is 10.9. The summed E-state index contributed by atoms with van der Waals surface area (Å²) in [6.45, 7) is -0.0177. The Kier molecular flexibility index (Phi) is 3.96. The van der Waals surface area contributed by atoms with Crippen molar-refractivity contribution in [2.24, 2.45) is 0 Å². The minimum absolute atomic E-state index is 0.0177. The summed E-state index contributed by atoms with van der Waals surface area (Å²) in [5.74, 6) is -0.719. The van der Waals surface area contributed by atoms with Crippen LogP contribution in [0.1, 0.15) is 26.4 Å². The van der Waals surface area contributed by atoms with Gasteiger partial charge >= 0.3 is 5.97 Å². The van der Waals surface area contributed by atoms with E-state index in [1.807, 2.05) is 12.1 Å². The summed E-state index contributed by atoms with van der Waals surface area (Å²) < 4.78 is 6.07. The molecule has 5 heteroatoms. The summed E-state index contributed by atoms with van der Waals surface area (Å²) in [6.07, 6.45) is 1.47. The predicted octanol–water partition coefficient (Wildman–Crippen LogP) is 2.03. The molecule has 0 aliphatic rings. The summed E-state index contributed by atoms with van der Waals surface area (Å²) >= 11 is 0. The number of aromatic nitrogens is 1. The summed E-state index contributed by atoms with van der Waals surface area (Å²) in [4.78, 5) is 23.7. The third-order valence-corrected chi connectivity index (χ3v) is 2.83. The number of carbonyl (C=O) groups excluding carboxylic acids is 2. The average Bonchev–Trinajstić information content (AvgIpc) is 2.90. The Hall–Kier alpha value is -2.87. The van der Waals surface area contributed by atoms with E-state index in [1.165, 1.54) is 23.9 Å². The van der Waals surface area contributed by atoms with Crippen molar-refractivity contribution < 1.29 is 14.3 Å². The molecule has 100 valence electrons. The topological polar surface area (TPSA) is 72.1 Å². The Morgan fingerprint density at radius 2 is 2.00 bits per heavy atom. The highest BCUT2D eigenvalue weighted by atomic mass is 16.5. The van der Waals surface area contributed by atoms with Crippen molar-refractivity contribution in [1.82, 2.24) is 4.57 Å². The first-order valence-electron chi connectivity index (χ1n) is 5.92. The van der Waals surface area contributed by atoms with Crippen molar-refractivity contribution in [2.75, 3.05) is 7.11 Å². The average molecular weight is 268 g/mol. The molecule has 0 aliphatic heterocycles. The quantitative estimate of drug-likeness (QED) is 0.628. The van der Waals surface area contributed by atoms with E-state index in [-0.39, 0.29) is 18.0 Å². The summed E-state index contributed by atoms with van der Waals surface area (Å²) in [5.41, 5.74) is 1.05. The van der Waals surface area contributed by atoms with Crippen LogP contribution in [0.5, 0.6) is 0 Å². The van der Waals surface area contributed by atoms with E-state index >= 15 is 0 Å². The van der Waals surface area contributed by atoms with Crippen molar-refractivity contribution in [3.05, 3.63) is 59.4 Å². The summed E-state index contributed by atoms with van der Waals surface area (Å²) in [5, 5.41) is 8.88. The first-order chi connectivity index (χ1) is 9.65. The maximum absolute atomic E-state index is 12.1. The molecule has 1 aromatic carbocycles. The van der Waals surface area contributed by atoms with Crippen LogP contribution in [0, 0.1) is 11.3 Å². The predicted molar refractivity (Wildman–Crippen MR) is 71.3 cm³/mol. The van der Waals surface area contributed by atoms with Gasteiger partial charge in [-0.2, -0.15) is 5.26 Å². The minimum Gasteiger partial charge on any atom is -0.464 e. The smallest absolute Gasteiger partial charge is 0.354 e. The molecule has 0 unspecified atom stereocenters. The van der Waals surface area contributed by atoms with Crippen LogP contribution >= 0.6 is 0 Å². The third-order valence-electron chi connectivity index (χ3n) is 2.83. The molecule has 0 atom stereocenters. The highest BCUT2D eigenvalue weighted by molar-refractivity contribution is 5.97. The van der Waals surface area contributed by atoms with Crippen molar-refractivity contribution in [3.8, 4) is 6.07 Å². The first-order valence-corrected chi connectivity index (χ1v) is 5.92. The summed E-state index contributed by atoms with van der Waals surface area (Å²) in [7, 11) is 1.25. The second kappa shape index (κ2) is 5.85. The van der Waals surface area contributed by atoms with Crippen LogP contribution in [0.3, 0.4) is 0 Å². The fourth-order valence-electron chi connectivity index (χ4n) is 1.85. The number of carbonyl (C=O) groups is 2. The molecule has 0 amide bonds. The lowest BCUT2D eigenvalue weighted by Crippen LogP contribution is -2.15. The fraction of sp³-hybridized carbons (Fsp3) is 0.133. The maximum Gasteiger partial charge on any atom is 0.354 e. The van der Waals surface area contributed by atoms with Crippen LogP contribution in [-0.2, 0) is 11.3 Å². The van der Waals surface area contributed by atoms with E-state index in [0.29, 0.717) is 11.1 Å². The zero-order chi connectivity index (χ0) is 14.5. The van der Waals surface area contributed by atoms with E-state index in [1.54, 1.807) is 24.3 Å². The third kappa shape index (κ3) is 2.75. The molecule has 2 rings (SSSR count). The van der Waals surface area contributed by atoms with Crippen molar-refractivity contribution >= 4 is 11.8 Å². The number of esters is 1. The number of methoxy groups -OCH3 is 1. The maximum atomic E-state index is 12.1. The molecule has 0 bridgehead atoms. The van der Waals surface area contributed by atoms with Crippen LogP contribution in [0.2, 0.25) is 0 Å². The molecule has 20 heavy (non-hydrogen) atoms. The van der Waals surface area contributed by atoms with Crippen LogP contribution in [0.25, 0.3) is 0 Å². The molecule has 0 spiro atoms. The zero-order valence-corrected chi connectivity index (χ0v) is 10.9. The number of hydrogen-bond donors (Lipinski definition) is 0. The largest absolute Gasteiger partial charge is 0.464 e. The second-order valence-corrected chi connectivity index (χ2v) is 4.13. The lowest BCUT2D eigenvalue weighted by molar-refractivity contribution is 0.0588. The Bertz CT molecular complexity index is 681. The number of Topliss-reactive ketones (excluding diaryl/α,β-unsaturated/α-hetero) is 1. The monoisotopic (exact) mass is 268 g/mol. The summed E-state index contributed by atoms with van der Waals surface area (Å²) in [6, 6.07) is 12.1. The number of benzene rings is 1. The Morgan fingerprint density at radius 3 is 2.60 bits per heavy atom. The molecule has 0 saturated carbocycles. The molecular formula is C15H12N2O3. The normalized spacial score (nSPS) is 9.80. The molecule has 2 aromatic rings. The number of ketones is 1. The van der Waals surface area contributed by atoms with Crippen LogP contribution in [0.15, 0.2) is 42.6 Å². The highest BCUT2D eigenvalue weighted by Crippen LogP contribution is 2.11. The lowest BCUT2D eigenvalue weighted by atomic mass is 10.1. The van der Waals surface area contributed by atoms with Gasteiger partial charge in [0.15, 0.2) is 5.78 Å². The van der Waals surface area contributed by atoms with Crippen LogP contribution in [0.4, 0.5) is 0 Å². The Morgan fingerprint density at radius 1 is 1.30 bits per heavy atom. The van der Waals surface area contributed by atoms with Crippen molar-refractivity contribution in [3.63, 3.8) is 0 Å². The SMILES string of the molecule is COC(=O)c1cc(C#N)cn1CC(=O)c1ccccc1. The first kappa shape index (κ1) is 13.6. The number of nitrogens with zero attached hydrogens (tertiary/aromatic N) is 2. The van der Waals surface area contributed by atoms with E-state index in [4.69, 9.17) is 5.26 Å². The van der Waals surface area contributed by atoms with Gasteiger partial charge in [-0.3, -0.25) is 4.79 Å². The molecule has 5 nitrogen and oxygen atoms in total. The van der Waals surface area contributed by atoms with Gasteiger partial charge in [-0.25, -0.2) is 4.79 Å². The van der Waals surface area contributed by atoms with Crippen molar-refractivity contribution in [2.45, 2.75) is 6.54 Å². The van der Waals surface area contributed by atoms with Gasteiger partial charge in [-0.05, 0) is 6.07 Å². The van der Waals surface area contributed by atoms with Gasteiger partial charge in [-0.15, -0.1) is 0 Å².